The van der Waals surface area contributed by atoms with Crippen LogP contribution in [-0.2, 0) is 9.59 Å². The van der Waals surface area contributed by atoms with Crippen LogP contribution in [0.4, 0.5) is 5.69 Å². The number of likely N-dealkylation sites (tertiary alicyclic amines) is 1. The molecule has 1 N–H and O–H groups in total. The number of anilines is 1. The summed E-state index contributed by atoms with van der Waals surface area (Å²) in [5, 5.41) is 2.85. The van der Waals surface area contributed by atoms with Gasteiger partial charge in [-0.15, -0.1) is 0 Å². The third kappa shape index (κ3) is 4.37. The Bertz CT molecular complexity index is 899. The van der Waals surface area contributed by atoms with E-state index in [0.717, 1.165) is 5.75 Å². The van der Waals surface area contributed by atoms with Crippen LogP contribution in [-0.4, -0.2) is 50.3 Å². The van der Waals surface area contributed by atoms with Crippen LogP contribution >= 0.6 is 0 Å². The molecule has 0 spiro atoms. The van der Waals surface area contributed by atoms with Crippen LogP contribution in [0.2, 0.25) is 0 Å². The molecule has 1 unspecified atom stereocenters. The minimum Gasteiger partial charge on any atom is -0.497 e. The number of fused-ring (bicyclic) bond motifs is 1. The van der Waals surface area contributed by atoms with Gasteiger partial charge in [-0.3, -0.25) is 9.59 Å². The number of hydrogen-bond acceptors (Lipinski definition) is 6. The van der Waals surface area contributed by atoms with Crippen molar-refractivity contribution in [1.82, 2.24) is 4.90 Å². The molecular weight excluding hydrogens is 376 g/mol. The number of nitrogens with one attached hydrogen (secondary N) is 1. The van der Waals surface area contributed by atoms with Crippen LogP contribution in [0.3, 0.4) is 0 Å². The van der Waals surface area contributed by atoms with Crippen molar-refractivity contribution in [1.29, 1.82) is 0 Å². The Labute approximate surface area is 168 Å². The Morgan fingerprint density at radius 1 is 1.14 bits per heavy atom. The highest BCUT2D eigenvalue weighted by atomic mass is 16.7. The van der Waals surface area contributed by atoms with E-state index >= 15 is 0 Å². The monoisotopic (exact) mass is 398 g/mol. The Balaban J connectivity index is 1.26. The van der Waals surface area contributed by atoms with Crippen LogP contribution < -0.4 is 24.3 Å². The summed E-state index contributed by atoms with van der Waals surface area (Å²) in [4.78, 5) is 26.5. The first-order valence-corrected chi connectivity index (χ1v) is 9.37. The van der Waals surface area contributed by atoms with E-state index in [9.17, 15) is 9.59 Å². The number of ether oxygens (including phenoxy) is 4. The molecule has 1 saturated heterocycles. The number of methoxy groups -OCH3 is 1. The van der Waals surface area contributed by atoms with Gasteiger partial charge in [-0.05, 0) is 36.4 Å². The lowest BCUT2D eigenvalue weighted by Crippen LogP contribution is -2.31. The molecule has 152 valence electrons. The topological polar surface area (TPSA) is 86.3 Å². The van der Waals surface area contributed by atoms with E-state index in [0.29, 0.717) is 42.6 Å². The number of benzene rings is 2. The maximum Gasteiger partial charge on any atom is 0.231 e. The molecule has 1 fully saturated rings. The normalized spacial score (nSPS) is 17.3. The standard InChI is InChI=1S/C21H22N2O6/c1-26-16-3-5-17(6-4-16)27-9-8-23-12-14(10-20(23)24)21(25)22-15-2-7-18-19(11-15)29-13-28-18/h2-7,11,14H,8-10,12-13H2,1H3,(H,22,25). The summed E-state index contributed by atoms with van der Waals surface area (Å²) in [6.07, 6.45) is 0.193. The van der Waals surface area contributed by atoms with Gasteiger partial charge in [0, 0.05) is 24.7 Å². The second-order valence-electron chi connectivity index (χ2n) is 6.82. The summed E-state index contributed by atoms with van der Waals surface area (Å²) >= 11 is 0. The zero-order chi connectivity index (χ0) is 20.2. The first-order chi connectivity index (χ1) is 14.1. The molecule has 4 rings (SSSR count). The molecule has 2 amide bonds. The van der Waals surface area contributed by atoms with Crippen molar-refractivity contribution in [3.63, 3.8) is 0 Å². The quantitative estimate of drug-likeness (QED) is 0.770. The fourth-order valence-corrected chi connectivity index (χ4v) is 3.33. The molecule has 0 aromatic heterocycles. The van der Waals surface area contributed by atoms with Crippen molar-refractivity contribution in [2.45, 2.75) is 6.42 Å². The summed E-state index contributed by atoms with van der Waals surface area (Å²) in [6.45, 7) is 1.34. The van der Waals surface area contributed by atoms with Gasteiger partial charge in [0.05, 0.1) is 19.6 Å². The maximum absolute atomic E-state index is 12.6. The Hall–Kier alpha value is -3.42. The smallest absolute Gasteiger partial charge is 0.231 e. The molecule has 0 aliphatic carbocycles. The van der Waals surface area contributed by atoms with Crippen LogP contribution in [0, 0.1) is 5.92 Å². The van der Waals surface area contributed by atoms with Crippen molar-refractivity contribution >= 4 is 17.5 Å². The highest BCUT2D eigenvalue weighted by Crippen LogP contribution is 2.34. The minimum absolute atomic E-state index is 0.0471. The van der Waals surface area contributed by atoms with Crippen molar-refractivity contribution in [2.24, 2.45) is 5.92 Å². The van der Waals surface area contributed by atoms with Gasteiger partial charge in [-0.25, -0.2) is 0 Å². The van der Waals surface area contributed by atoms with Crippen molar-refractivity contribution in [2.75, 3.05) is 38.9 Å². The van der Waals surface area contributed by atoms with E-state index in [1.807, 2.05) is 24.3 Å². The van der Waals surface area contributed by atoms with Gasteiger partial charge in [0.1, 0.15) is 18.1 Å². The van der Waals surface area contributed by atoms with Gasteiger partial charge in [0.2, 0.25) is 18.6 Å². The van der Waals surface area contributed by atoms with Gasteiger partial charge in [-0.2, -0.15) is 0 Å². The number of hydrogen-bond donors (Lipinski definition) is 1. The Morgan fingerprint density at radius 3 is 2.69 bits per heavy atom. The van der Waals surface area contributed by atoms with Crippen LogP contribution in [0.1, 0.15) is 6.42 Å². The van der Waals surface area contributed by atoms with Crippen LogP contribution in [0.5, 0.6) is 23.0 Å². The molecule has 29 heavy (non-hydrogen) atoms. The molecule has 2 aliphatic rings. The lowest BCUT2D eigenvalue weighted by Gasteiger charge is -2.17. The minimum atomic E-state index is -0.395. The van der Waals surface area contributed by atoms with E-state index in [1.165, 1.54) is 0 Å². The lowest BCUT2D eigenvalue weighted by molar-refractivity contribution is -0.128. The van der Waals surface area contributed by atoms with Crippen molar-refractivity contribution < 1.29 is 28.5 Å². The molecule has 8 heteroatoms. The average Bonchev–Trinajstić information content (AvgIpc) is 3.35. The summed E-state index contributed by atoms with van der Waals surface area (Å²) < 4.78 is 21.4. The average molecular weight is 398 g/mol. The second kappa shape index (κ2) is 8.30. The van der Waals surface area contributed by atoms with E-state index in [2.05, 4.69) is 5.32 Å². The fraction of sp³-hybridized carbons (Fsp3) is 0.333. The van der Waals surface area contributed by atoms with Gasteiger partial charge >= 0.3 is 0 Å². The summed E-state index contributed by atoms with van der Waals surface area (Å²) in [6, 6.07) is 12.5. The lowest BCUT2D eigenvalue weighted by atomic mass is 10.1. The highest BCUT2D eigenvalue weighted by molar-refractivity contribution is 5.97. The number of carbonyl (C=O) groups excluding carboxylic acids is 2. The zero-order valence-corrected chi connectivity index (χ0v) is 16.1. The molecule has 2 aliphatic heterocycles. The van der Waals surface area contributed by atoms with Gasteiger partial charge in [0.25, 0.3) is 0 Å². The van der Waals surface area contributed by atoms with E-state index < -0.39 is 5.92 Å². The third-order valence-electron chi connectivity index (χ3n) is 4.91. The molecule has 0 radical (unpaired) electrons. The fourth-order valence-electron chi connectivity index (χ4n) is 3.33. The third-order valence-corrected chi connectivity index (χ3v) is 4.91. The summed E-state index contributed by atoms with van der Waals surface area (Å²) in [5.41, 5.74) is 0.619. The number of nitrogens with zero attached hydrogens (tertiary/aromatic N) is 1. The largest absolute Gasteiger partial charge is 0.497 e. The molecule has 0 bridgehead atoms. The van der Waals surface area contributed by atoms with Gasteiger partial charge < -0.3 is 29.2 Å². The molecule has 2 aromatic rings. The first kappa shape index (κ1) is 18.9. The zero-order valence-electron chi connectivity index (χ0n) is 16.1. The van der Waals surface area contributed by atoms with Gasteiger partial charge in [0.15, 0.2) is 11.5 Å². The first-order valence-electron chi connectivity index (χ1n) is 9.37. The van der Waals surface area contributed by atoms with E-state index in [1.54, 1.807) is 30.2 Å². The number of amides is 2. The predicted octanol–water partition coefficient (Wildman–Crippen LogP) is 2.29. The Morgan fingerprint density at radius 2 is 1.90 bits per heavy atom. The van der Waals surface area contributed by atoms with Crippen molar-refractivity contribution in [3.05, 3.63) is 42.5 Å². The number of rotatable bonds is 7. The number of carbonyl (C=O) groups is 2. The SMILES string of the molecule is COc1ccc(OCCN2CC(C(=O)Nc3ccc4c(c3)OCO4)CC2=O)cc1. The van der Waals surface area contributed by atoms with E-state index in [-0.39, 0.29) is 25.0 Å². The molecule has 0 saturated carbocycles. The Kier molecular flexibility index (Phi) is 5.41. The van der Waals surface area contributed by atoms with Crippen molar-refractivity contribution in [3.8, 4) is 23.0 Å². The van der Waals surface area contributed by atoms with Crippen LogP contribution in [0.25, 0.3) is 0 Å². The maximum atomic E-state index is 12.6. The molecule has 8 nitrogen and oxygen atoms in total. The summed E-state index contributed by atoms with van der Waals surface area (Å²) in [5.74, 6) is 2.08. The van der Waals surface area contributed by atoms with Crippen LogP contribution in [0.15, 0.2) is 42.5 Å². The van der Waals surface area contributed by atoms with Gasteiger partial charge in [-0.1, -0.05) is 0 Å². The second-order valence-corrected chi connectivity index (χ2v) is 6.82. The summed E-state index contributed by atoms with van der Waals surface area (Å²) in [7, 11) is 1.61. The molecular formula is C21H22N2O6. The highest BCUT2D eigenvalue weighted by Gasteiger charge is 2.34. The van der Waals surface area contributed by atoms with E-state index in [4.69, 9.17) is 18.9 Å². The molecule has 2 heterocycles. The molecule has 1 atom stereocenters. The molecule has 2 aromatic carbocycles. The predicted molar refractivity (Wildman–Crippen MR) is 104 cm³/mol.